The molecule has 2 rings (SSSR count). The maximum absolute atomic E-state index is 4.30. The van der Waals surface area contributed by atoms with E-state index >= 15 is 0 Å². The lowest BCUT2D eigenvalue weighted by Gasteiger charge is -2.12. The van der Waals surface area contributed by atoms with Crippen molar-refractivity contribution in [1.29, 1.82) is 0 Å². The van der Waals surface area contributed by atoms with Crippen LogP contribution >= 0.6 is 0 Å². The average molecular weight is 217 g/mol. The zero-order valence-corrected chi connectivity index (χ0v) is 9.96. The van der Waals surface area contributed by atoms with Crippen LogP contribution in [0, 0.1) is 0 Å². The Hall–Kier alpha value is -1.35. The van der Waals surface area contributed by atoms with Gasteiger partial charge in [0.2, 0.25) is 0 Å². The van der Waals surface area contributed by atoms with E-state index in [-0.39, 0.29) is 0 Å². The van der Waals surface area contributed by atoms with Crippen LogP contribution in [0.1, 0.15) is 38.3 Å². The number of aromatic amines is 1. The summed E-state index contributed by atoms with van der Waals surface area (Å²) >= 11 is 0. The van der Waals surface area contributed by atoms with Crippen LogP contribution in [0.4, 0.5) is 0 Å². The first-order valence-corrected chi connectivity index (χ1v) is 5.98. The predicted molar refractivity (Wildman–Crippen MR) is 67.4 cm³/mol. The van der Waals surface area contributed by atoms with E-state index in [0.29, 0.717) is 6.04 Å². The SMILES string of the molecule is CCCCNC(C)c1c[nH]c2ncccc12. The Kier molecular flexibility index (Phi) is 3.57. The monoisotopic (exact) mass is 217 g/mol. The van der Waals surface area contributed by atoms with Crippen molar-refractivity contribution < 1.29 is 0 Å². The third-order valence-corrected chi connectivity index (χ3v) is 2.93. The van der Waals surface area contributed by atoms with Gasteiger partial charge in [-0.2, -0.15) is 0 Å². The Morgan fingerprint density at radius 1 is 1.50 bits per heavy atom. The quantitative estimate of drug-likeness (QED) is 0.756. The minimum absolute atomic E-state index is 0.379. The molecule has 0 bridgehead atoms. The van der Waals surface area contributed by atoms with Gasteiger partial charge in [-0.15, -0.1) is 0 Å². The van der Waals surface area contributed by atoms with Crippen molar-refractivity contribution >= 4 is 11.0 Å². The molecule has 2 N–H and O–H groups in total. The predicted octanol–water partition coefficient (Wildman–Crippen LogP) is 3.01. The Morgan fingerprint density at radius 3 is 3.19 bits per heavy atom. The zero-order chi connectivity index (χ0) is 11.4. The summed E-state index contributed by atoms with van der Waals surface area (Å²) in [6, 6.07) is 4.48. The van der Waals surface area contributed by atoms with Crippen LogP contribution in [-0.2, 0) is 0 Å². The normalized spacial score (nSPS) is 13.1. The Labute approximate surface area is 96.3 Å². The van der Waals surface area contributed by atoms with E-state index in [9.17, 15) is 0 Å². The number of nitrogens with zero attached hydrogens (tertiary/aromatic N) is 1. The molecule has 0 saturated carbocycles. The molecule has 1 atom stereocenters. The highest BCUT2D eigenvalue weighted by Gasteiger charge is 2.10. The highest BCUT2D eigenvalue weighted by Crippen LogP contribution is 2.22. The summed E-state index contributed by atoms with van der Waals surface area (Å²) in [5.41, 5.74) is 2.28. The van der Waals surface area contributed by atoms with E-state index in [1.165, 1.54) is 23.8 Å². The molecule has 2 aromatic rings. The van der Waals surface area contributed by atoms with Gasteiger partial charge in [0, 0.05) is 23.8 Å². The van der Waals surface area contributed by atoms with Gasteiger partial charge in [0.15, 0.2) is 0 Å². The van der Waals surface area contributed by atoms with Crippen LogP contribution in [0.3, 0.4) is 0 Å². The molecule has 2 heterocycles. The second-order valence-corrected chi connectivity index (χ2v) is 4.17. The first-order valence-electron chi connectivity index (χ1n) is 5.98. The third kappa shape index (κ3) is 2.25. The van der Waals surface area contributed by atoms with Gasteiger partial charge in [0.25, 0.3) is 0 Å². The van der Waals surface area contributed by atoms with Crippen molar-refractivity contribution in [2.45, 2.75) is 32.7 Å². The van der Waals surface area contributed by atoms with Crippen molar-refractivity contribution in [3.63, 3.8) is 0 Å². The number of pyridine rings is 1. The molecule has 3 nitrogen and oxygen atoms in total. The van der Waals surface area contributed by atoms with E-state index in [1.54, 1.807) is 0 Å². The van der Waals surface area contributed by atoms with E-state index in [0.717, 1.165) is 12.2 Å². The molecule has 0 aliphatic rings. The van der Waals surface area contributed by atoms with Gasteiger partial charge in [0.05, 0.1) is 0 Å². The molecule has 0 amide bonds. The van der Waals surface area contributed by atoms with Gasteiger partial charge in [0.1, 0.15) is 5.65 Å². The molecular formula is C13H19N3. The molecule has 0 aliphatic carbocycles. The lowest BCUT2D eigenvalue weighted by atomic mass is 10.1. The molecule has 0 radical (unpaired) electrons. The summed E-state index contributed by atoms with van der Waals surface area (Å²) in [7, 11) is 0. The van der Waals surface area contributed by atoms with Crippen LogP contribution < -0.4 is 5.32 Å². The fourth-order valence-electron chi connectivity index (χ4n) is 1.94. The lowest BCUT2D eigenvalue weighted by molar-refractivity contribution is 0.557. The third-order valence-electron chi connectivity index (χ3n) is 2.93. The van der Waals surface area contributed by atoms with Crippen molar-refractivity contribution in [3.05, 3.63) is 30.1 Å². The number of rotatable bonds is 5. The first kappa shape index (κ1) is 11.1. The van der Waals surface area contributed by atoms with Crippen LogP contribution in [-0.4, -0.2) is 16.5 Å². The molecular weight excluding hydrogens is 198 g/mol. The average Bonchev–Trinajstić information content (AvgIpc) is 2.73. The summed E-state index contributed by atoms with van der Waals surface area (Å²) in [6.07, 6.45) is 6.33. The van der Waals surface area contributed by atoms with Crippen LogP contribution in [0.25, 0.3) is 11.0 Å². The number of aromatic nitrogens is 2. The number of nitrogens with one attached hydrogen (secondary N) is 2. The molecule has 0 spiro atoms. The van der Waals surface area contributed by atoms with Gasteiger partial charge < -0.3 is 10.3 Å². The van der Waals surface area contributed by atoms with Crippen molar-refractivity contribution in [2.24, 2.45) is 0 Å². The van der Waals surface area contributed by atoms with E-state index < -0.39 is 0 Å². The minimum Gasteiger partial charge on any atom is -0.346 e. The van der Waals surface area contributed by atoms with Gasteiger partial charge in [-0.1, -0.05) is 13.3 Å². The molecule has 3 heteroatoms. The maximum atomic E-state index is 4.30. The second-order valence-electron chi connectivity index (χ2n) is 4.17. The minimum atomic E-state index is 0.379. The van der Waals surface area contributed by atoms with Gasteiger partial charge >= 0.3 is 0 Å². The topological polar surface area (TPSA) is 40.7 Å². The standard InChI is InChI=1S/C13H19N3/c1-3-4-7-14-10(2)12-9-16-13-11(12)6-5-8-15-13/h5-6,8-10,14H,3-4,7H2,1-2H3,(H,15,16). The summed E-state index contributed by atoms with van der Waals surface area (Å²) in [6.45, 7) is 5.48. The zero-order valence-electron chi connectivity index (χ0n) is 9.96. The van der Waals surface area contributed by atoms with Crippen molar-refractivity contribution in [3.8, 4) is 0 Å². The van der Waals surface area contributed by atoms with Gasteiger partial charge in [-0.05, 0) is 37.6 Å². The highest BCUT2D eigenvalue weighted by atomic mass is 14.9. The van der Waals surface area contributed by atoms with E-state index in [1.807, 2.05) is 12.3 Å². The van der Waals surface area contributed by atoms with Gasteiger partial charge in [-0.3, -0.25) is 0 Å². The van der Waals surface area contributed by atoms with E-state index in [4.69, 9.17) is 0 Å². The van der Waals surface area contributed by atoms with Crippen molar-refractivity contribution in [2.75, 3.05) is 6.54 Å². The van der Waals surface area contributed by atoms with Gasteiger partial charge in [-0.25, -0.2) is 4.98 Å². The Morgan fingerprint density at radius 2 is 2.38 bits per heavy atom. The van der Waals surface area contributed by atoms with Crippen LogP contribution in [0.2, 0.25) is 0 Å². The summed E-state index contributed by atoms with van der Waals surface area (Å²) in [4.78, 5) is 7.51. The summed E-state index contributed by atoms with van der Waals surface area (Å²) in [5, 5.41) is 4.75. The van der Waals surface area contributed by atoms with Crippen LogP contribution in [0.15, 0.2) is 24.5 Å². The fraction of sp³-hybridized carbons (Fsp3) is 0.462. The number of H-pyrrole nitrogens is 1. The molecule has 1 unspecified atom stereocenters. The largest absolute Gasteiger partial charge is 0.346 e. The smallest absolute Gasteiger partial charge is 0.137 e. The molecule has 0 aromatic carbocycles. The van der Waals surface area contributed by atoms with E-state index in [2.05, 4.69) is 41.4 Å². The highest BCUT2D eigenvalue weighted by molar-refractivity contribution is 5.79. The number of hydrogen-bond donors (Lipinski definition) is 2. The summed E-state index contributed by atoms with van der Waals surface area (Å²) in [5.74, 6) is 0. The van der Waals surface area contributed by atoms with Crippen molar-refractivity contribution in [1.82, 2.24) is 15.3 Å². The first-order chi connectivity index (χ1) is 7.83. The van der Waals surface area contributed by atoms with Crippen LogP contribution in [0.5, 0.6) is 0 Å². The maximum Gasteiger partial charge on any atom is 0.137 e. The molecule has 2 aromatic heterocycles. The number of hydrogen-bond acceptors (Lipinski definition) is 2. The molecule has 0 saturated heterocycles. The lowest BCUT2D eigenvalue weighted by Crippen LogP contribution is -2.19. The number of fused-ring (bicyclic) bond motifs is 1. The molecule has 16 heavy (non-hydrogen) atoms. The second kappa shape index (κ2) is 5.12. The Balaban J connectivity index is 2.13. The molecule has 0 aliphatic heterocycles. The fourth-order valence-corrected chi connectivity index (χ4v) is 1.94. The number of unbranched alkanes of at least 4 members (excludes halogenated alkanes) is 1. The molecule has 0 fully saturated rings. The summed E-state index contributed by atoms with van der Waals surface area (Å²) < 4.78 is 0. The Bertz CT molecular complexity index is 447. The molecule has 86 valence electrons.